The first-order chi connectivity index (χ1) is 10.9. The van der Waals surface area contributed by atoms with Gasteiger partial charge in [-0.3, -0.25) is 9.79 Å². The van der Waals surface area contributed by atoms with E-state index in [9.17, 15) is 19.8 Å². The number of carboxylic acid groups (broad SMARTS) is 2. The van der Waals surface area contributed by atoms with Crippen LogP contribution in [0, 0.1) is 0 Å². The van der Waals surface area contributed by atoms with E-state index in [2.05, 4.69) is 4.99 Å². The van der Waals surface area contributed by atoms with Crippen LogP contribution < -0.4 is 0 Å². The second kappa shape index (κ2) is 6.61. The molecule has 0 saturated carbocycles. The molecule has 0 amide bonds. The van der Waals surface area contributed by atoms with E-state index in [1.165, 1.54) is 36.4 Å². The van der Waals surface area contributed by atoms with Crippen molar-refractivity contribution < 1.29 is 30.0 Å². The van der Waals surface area contributed by atoms with E-state index in [-0.39, 0.29) is 28.3 Å². The molecule has 0 bridgehead atoms. The summed E-state index contributed by atoms with van der Waals surface area (Å²) < 4.78 is 0. The van der Waals surface area contributed by atoms with Crippen molar-refractivity contribution in [1.82, 2.24) is 0 Å². The standard InChI is InChI=1S/C16H13NO6/c18-13-6-5-9(7-14(13)19)12(8-15(20)21)17-11-4-2-1-3-10(11)16(22)23/h1-7,18-19H,8H2,(H,20,21)(H,22,23). The number of aliphatic imine (C=N–C) groups is 1. The highest BCUT2D eigenvalue weighted by molar-refractivity contribution is 6.11. The number of carbonyl (C=O) groups is 2. The number of phenols is 2. The Hall–Kier alpha value is -3.35. The lowest BCUT2D eigenvalue weighted by molar-refractivity contribution is -0.135. The average Bonchev–Trinajstić information content (AvgIpc) is 2.49. The van der Waals surface area contributed by atoms with Crippen LogP contribution in [0.15, 0.2) is 47.5 Å². The minimum Gasteiger partial charge on any atom is -0.504 e. The summed E-state index contributed by atoms with van der Waals surface area (Å²) in [6.07, 6.45) is -0.474. The number of aliphatic carboxylic acids is 1. The topological polar surface area (TPSA) is 127 Å². The summed E-state index contributed by atoms with van der Waals surface area (Å²) in [6.45, 7) is 0. The van der Waals surface area contributed by atoms with Crippen molar-refractivity contribution in [3.63, 3.8) is 0 Å². The molecule has 0 aliphatic carbocycles. The molecular weight excluding hydrogens is 302 g/mol. The molecule has 0 unspecified atom stereocenters. The van der Waals surface area contributed by atoms with Crippen LogP contribution in [0.1, 0.15) is 22.3 Å². The monoisotopic (exact) mass is 315 g/mol. The maximum atomic E-state index is 11.2. The fourth-order valence-corrected chi connectivity index (χ4v) is 1.95. The van der Waals surface area contributed by atoms with Crippen molar-refractivity contribution in [1.29, 1.82) is 0 Å². The van der Waals surface area contributed by atoms with E-state index in [0.29, 0.717) is 0 Å². The number of carboxylic acids is 2. The number of aromatic carboxylic acids is 1. The number of nitrogens with zero attached hydrogens (tertiary/aromatic N) is 1. The highest BCUT2D eigenvalue weighted by atomic mass is 16.4. The summed E-state index contributed by atoms with van der Waals surface area (Å²) in [5.41, 5.74) is 0.353. The Morgan fingerprint density at radius 1 is 0.957 bits per heavy atom. The van der Waals surface area contributed by atoms with Gasteiger partial charge in [-0.15, -0.1) is 0 Å². The third kappa shape index (κ3) is 3.85. The maximum Gasteiger partial charge on any atom is 0.337 e. The smallest absolute Gasteiger partial charge is 0.337 e. The summed E-state index contributed by atoms with van der Waals surface area (Å²) in [6, 6.07) is 9.68. The zero-order chi connectivity index (χ0) is 17.0. The highest BCUT2D eigenvalue weighted by Crippen LogP contribution is 2.27. The largest absolute Gasteiger partial charge is 0.504 e. The second-order valence-electron chi connectivity index (χ2n) is 4.65. The molecule has 0 aliphatic heterocycles. The van der Waals surface area contributed by atoms with Crippen molar-refractivity contribution in [2.45, 2.75) is 6.42 Å². The first-order valence-electron chi connectivity index (χ1n) is 6.52. The fraction of sp³-hybridized carbons (Fsp3) is 0.0625. The summed E-state index contributed by atoms with van der Waals surface area (Å²) in [5.74, 6) is -3.13. The molecule has 7 heteroatoms. The summed E-state index contributed by atoms with van der Waals surface area (Å²) >= 11 is 0. The van der Waals surface area contributed by atoms with Crippen LogP contribution in [-0.4, -0.2) is 38.1 Å². The molecule has 0 heterocycles. The lowest BCUT2D eigenvalue weighted by Gasteiger charge is -2.08. The number of benzene rings is 2. The van der Waals surface area contributed by atoms with Crippen molar-refractivity contribution in [3.05, 3.63) is 53.6 Å². The lowest BCUT2D eigenvalue weighted by Crippen LogP contribution is -2.09. The second-order valence-corrected chi connectivity index (χ2v) is 4.65. The van der Waals surface area contributed by atoms with Crippen LogP contribution >= 0.6 is 0 Å². The minimum atomic E-state index is -1.19. The van der Waals surface area contributed by atoms with Gasteiger partial charge in [-0.05, 0) is 30.3 Å². The van der Waals surface area contributed by atoms with Crippen molar-refractivity contribution >= 4 is 23.3 Å². The van der Waals surface area contributed by atoms with Gasteiger partial charge in [0.1, 0.15) is 0 Å². The van der Waals surface area contributed by atoms with Gasteiger partial charge in [-0.25, -0.2) is 4.79 Å². The number of hydrogen-bond donors (Lipinski definition) is 4. The Bertz CT molecular complexity index is 797. The predicted molar refractivity (Wildman–Crippen MR) is 81.6 cm³/mol. The predicted octanol–water partition coefficient (Wildman–Crippen LogP) is 2.39. The van der Waals surface area contributed by atoms with Crippen LogP contribution in [0.3, 0.4) is 0 Å². The van der Waals surface area contributed by atoms with Gasteiger partial charge in [-0.2, -0.15) is 0 Å². The normalized spacial score (nSPS) is 11.2. The van der Waals surface area contributed by atoms with E-state index in [1.54, 1.807) is 6.07 Å². The molecule has 0 radical (unpaired) electrons. The molecular formula is C16H13NO6. The fourth-order valence-electron chi connectivity index (χ4n) is 1.95. The van der Waals surface area contributed by atoms with E-state index in [1.807, 2.05) is 0 Å². The number of para-hydroxylation sites is 1. The van der Waals surface area contributed by atoms with Gasteiger partial charge in [0, 0.05) is 5.56 Å². The van der Waals surface area contributed by atoms with Crippen LogP contribution in [0.4, 0.5) is 5.69 Å². The summed E-state index contributed by atoms with van der Waals surface area (Å²) in [4.78, 5) is 26.4. The Labute approximate surface area is 130 Å². The molecule has 2 aromatic rings. The summed E-state index contributed by atoms with van der Waals surface area (Å²) in [5, 5.41) is 37.0. The molecule has 7 nitrogen and oxygen atoms in total. The minimum absolute atomic E-state index is 0.0569. The molecule has 23 heavy (non-hydrogen) atoms. The first-order valence-corrected chi connectivity index (χ1v) is 6.52. The number of aromatic hydroxyl groups is 2. The van der Waals surface area contributed by atoms with Gasteiger partial charge in [0.25, 0.3) is 0 Å². The van der Waals surface area contributed by atoms with Crippen molar-refractivity contribution in [2.75, 3.05) is 0 Å². The van der Waals surface area contributed by atoms with Gasteiger partial charge in [0.15, 0.2) is 11.5 Å². The molecule has 0 aromatic heterocycles. The van der Waals surface area contributed by atoms with Crippen molar-refractivity contribution in [3.8, 4) is 11.5 Å². The number of hydrogen-bond acceptors (Lipinski definition) is 5. The molecule has 0 spiro atoms. The molecule has 0 atom stereocenters. The number of phenolic OH excluding ortho intramolecular Hbond substituents is 2. The zero-order valence-corrected chi connectivity index (χ0v) is 11.8. The molecule has 2 rings (SSSR count). The molecule has 2 aromatic carbocycles. The van der Waals surface area contributed by atoms with E-state index < -0.39 is 24.1 Å². The molecule has 0 saturated heterocycles. The van der Waals surface area contributed by atoms with Crippen LogP contribution in [0.25, 0.3) is 0 Å². The molecule has 0 fully saturated rings. The third-order valence-corrected chi connectivity index (χ3v) is 3.02. The Kier molecular flexibility index (Phi) is 4.61. The van der Waals surface area contributed by atoms with Crippen LogP contribution in [0.5, 0.6) is 11.5 Å². The quantitative estimate of drug-likeness (QED) is 0.495. The summed E-state index contributed by atoms with van der Waals surface area (Å²) in [7, 11) is 0. The van der Waals surface area contributed by atoms with Gasteiger partial charge < -0.3 is 20.4 Å². The van der Waals surface area contributed by atoms with E-state index >= 15 is 0 Å². The third-order valence-electron chi connectivity index (χ3n) is 3.02. The zero-order valence-electron chi connectivity index (χ0n) is 11.8. The molecule has 4 N–H and O–H groups in total. The Morgan fingerprint density at radius 3 is 2.26 bits per heavy atom. The SMILES string of the molecule is O=C(O)CC(=Nc1ccccc1C(=O)O)c1ccc(O)c(O)c1. The molecule has 118 valence electrons. The number of rotatable bonds is 5. The Balaban J connectivity index is 2.56. The van der Waals surface area contributed by atoms with Gasteiger partial charge in [-0.1, -0.05) is 12.1 Å². The lowest BCUT2D eigenvalue weighted by atomic mass is 10.1. The highest BCUT2D eigenvalue weighted by Gasteiger charge is 2.14. The average molecular weight is 315 g/mol. The maximum absolute atomic E-state index is 11.2. The van der Waals surface area contributed by atoms with Gasteiger partial charge in [0.05, 0.1) is 23.4 Å². The van der Waals surface area contributed by atoms with E-state index in [0.717, 1.165) is 0 Å². The molecule has 0 aliphatic rings. The van der Waals surface area contributed by atoms with E-state index in [4.69, 9.17) is 10.2 Å². The van der Waals surface area contributed by atoms with Gasteiger partial charge in [0.2, 0.25) is 0 Å². The van der Waals surface area contributed by atoms with Crippen molar-refractivity contribution in [2.24, 2.45) is 4.99 Å². The first kappa shape index (κ1) is 16.0. The Morgan fingerprint density at radius 2 is 1.65 bits per heavy atom. The van der Waals surface area contributed by atoms with Crippen LogP contribution in [-0.2, 0) is 4.79 Å². The van der Waals surface area contributed by atoms with Gasteiger partial charge >= 0.3 is 11.9 Å². The van der Waals surface area contributed by atoms with Crippen LogP contribution in [0.2, 0.25) is 0 Å².